The van der Waals surface area contributed by atoms with Crippen LogP contribution in [0.2, 0.25) is 10.2 Å². The predicted octanol–water partition coefficient (Wildman–Crippen LogP) is 3.73. The molecule has 0 saturated heterocycles. The largest absolute Gasteiger partial charge is 0.352 e. The van der Waals surface area contributed by atoms with Crippen LogP contribution < -0.4 is 21.3 Å². The maximum Gasteiger partial charge on any atom is 0.319 e. The smallest absolute Gasteiger partial charge is 0.319 e. The third kappa shape index (κ3) is 6.35. The molecule has 1 aromatic carbocycles. The molecular formula is C19H26Cl2N6O. The van der Waals surface area contributed by atoms with E-state index in [1.54, 1.807) is 7.05 Å². The summed E-state index contributed by atoms with van der Waals surface area (Å²) < 4.78 is 1.82. The highest BCUT2D eigenvalue weighted by atomic mass is 35.5. The van der Waals surface area contributed by atoms with Crippen molar-refractivity contribution in [2.45, 2.75) is 33.0 Å². The predicted molar refractivity (Wildman–Crippen MR) is 116 cm³/mol. The molecule has 1 aromatic heterocycles. The second kappa shape index (κ2) is 10.2. The first-order valence-corrected chi connectivity index (χ1v) is 9.66. The summed E-state index contributed by atoms with van der Waals surface area (Å²) in [4.78, 5) is 15.9. The lowest BCUT2D eigenvalue weighted by molar-refractivity contribution is 0.250. The number of benzene rings is 1. The number of aliphatic imine (C=N–C) groups is 1. The minimum atomic E-state index is -0.216. The Kier molecular flexibility index (Phi) is 8.02. The van der Waals surface area contributed by atoms with E-state index in [2.05, 4.69) is 26.3 Å². The lowest BCUT2D eigenvalue weighted by Gasteiger charge is -2.13. The number of nitrogens with zero attached hydrogens (tertiary/aromatic N) is 2. The van der Waals surface area contributed by atoms with Crippen LogP contribution in [-0.4, -0.2) is 29.6 Å². The Balaban J connectivity index is 1.84. The Labute approximate surface area is 175 Å². The van der Waals surface area contributed by atoms with Crippen molar-refractivity contribution in [1.82, 2.24) is 20.5 Å². The highest BCUT2D eigenvalue weighted by Gasteiger charge is 2.09. The number of carbonyl (C=O) groups is 1. The van der Waals surface area contributed by atoms with Gasteiger partial charge in [0.2, 0.25) is 0 Å². The van der Waals surface area contributed by atoms with Crippen LogP contribution in [0.5, 0.6) is 0 Å². The molecule has 4 N–H and O–H groups in total. The molecule has 0 fully saturated rings. The van der Waals surface area contributed by atoms with Gasteiger partial charge >= 0.3 is 6.03 Å². The monoisotopic (exact) mass is 424 g/mol. The Bertz CT molecular complexity index is 830. The van der Waals surface area contributed by atoms with Gasteiger partial charge in [-0.2, -0.15) is 0 Å². The molecule has 1 heterocycles. The Morgan fingerprint density at radius 3 is 2.32 bits per heavy atom. The molecule has 0 bridgehead atoms. The topological polar surface area (TPSA) is 82.5 Å². The Morgan fingerprint density at radius 1 is 1.14 bits per heavy atom. The molecule has 0 atom stereocenters. The summed E-state index contributed by atoms with van der Waals surface area (Å²) in [6.07, 6.45) is 0. The van der Waals surface area contributed by atoms with Crippen LogP contribution in [0.25, 0.3) is 0 Å². The highest BCUT2D eigenvalue weighted by Crippen LogP contribution is 2.24. The van der Waals surface area contributed by atoms with Crippen molar-refractivity contribution in [2.24, 2.45) is 12.0 Å². The van der Waals surface area contributed by atoms with Gasteiger partial charge < -0.3 is 25.8 Å². The number of carbonyl (C=O) groups excluding carboxylic acids is 1. The average Bonchev–Trinajstić information content (AvgIpc) is 2.89. The van der Waals surface area contributed by atoms with Gasteiger partial charge in [0.25, 0.3) is 0 Å². The molecule has 0 aliphatic carbocycles. The van der Waals surface area contributed by atoms with Crippen molar-refractivity contribution in [3.63, 3.8) is 0 Å². The van der Waals surface area contributed by atoms with Crippen molar-refractivity contribution in [3.05, 3.63) is 51.8 Å². The van der Waals surface area contributed by atoms with Crippen molar-refractivity contribution in [2.75, 3.05) is 12.4 Å². The van der Waals surface area contributed by atoms with E-state index in [9.17, 15) is 4.79 Å². The van der Waals surface area contributed by atoms with Gasteiger partial charge in [0.05, 0.1) is 11.6 Å². The first kappa shape index (κ1) is 21.9. The van der Waals surface area contributed by atoms with E-state index in [1.165, 1.54) is 0 Å². The number of amides is 2. The van der Waals surface area contributed by atoms with Crippen molar-refractivity contribution in [3.8, 4) is 0 Å². The minimum absolute atomic E-state index is 0.0883. The van der Waals surface area contributed by atoms with Gasteiger partial charge in [-0.05, 0) is 37.6 Å². The van der Waals surface area contributed by atoms with E-state index in [4.69, 9.17) is 23.2 Å². The summed E-state index contributed by atoms with van der Waals surface area (Å²) in [5.74, 6) is 0.659. The molecular weight excluding hydrogens is 399 g/mol. The van der Waals surface area contributed by atoms with Gasteiger partial charge in [-0.1, -0.05) is 35.3 Å². The first-order chi connectivity index (χ1) is 13.3. The van der Waals surface area contributed by atoms with Crippen molar-refractivity contribution in [1.29, 1.82) is 0 Å². The zero-order chi connectivity index (χ0) is 20.7. The summed E-state index contributed by atoms with van der Waals surface area (Å²) in [6.45, 7) is 4.95. The fourth-order valence-corrected chi connectivity index (χ4v) is 2.89. The molecule has 2 amide bonds. The van der Waals surface area contributed by atoms with Gasteiger partial charge in [-0.25, -0.2) is 4.79 Å². The Hall–Kier alpha value is -2.38. The molecule has 152 valence electrons. The van der Waals surface area contributed by atoms with Gasteiger partial charge in [-0.15, -0.1) is 0 Å². The number of urea groups is 1. The fraction of sp³-hybridized carbons (Fsp3) is 0.368. The average molecular weight is 425 g/mol. The van der Waals surface area contributed by atoms with Crippen molar-refractivity contribution < 1.29 is 4.79 Å². The summed E-state index contributed by atoms with van der Waals surface area (Å²) in [5.41, 5.74) is 2.75. The number of nitrogens with one attached hydrogen (secondary N) is 4. The second-order valence-corrected chi connectivity index (χ2v) is 7.33. The van der Waals surface area contributed by atoms with Gasteiger partial charge in [-0.3, -0.25) is 4.99 Å². The van der Waals surface area contributed by atoms with Crippen LogP contribution >= 0.6 is 23.2 Å². The molecule has 0 radical (unpaired) electrons. The SMILES string of the molecule is CN=C(NCc1ccc(NC(=O)NC(C)C)cc1)NCc1cc(Cl)c(Cl)n1C. The maximum atomic E-state index is 11.7. The van der Waals surface area contributed by atoms with Crippen LogP contribution in [0.3, 0.4) is 0 Å². The Morgan fingerprint density at radius 2 is 1.79 bits per heavy atom. The lowest BCUT2D eigenvalue weighted by Crippen LogP contribution is -2.36. The number of guanidine groups is 1. The lowest BCUT2D eigenvalue weighted by atomic mass is 10.2. The molecule has 0 unspecified atom stereocenters. The number of hydrogen-bond donors (Lipinski definition) is 4. The summed E-state index contributed by atoms with van der Waals surface area (Å²) in [7, 11) is 3.57. The molecule has 7 nitrogen and oxygen atoms in total. The number of hydrogen-bond acceptors (Lipinski definition) is 2. The van der Waals surface area contributed by atoms with Crippen LogP contribution in [0.1, 0.15) is 25.1 Å². The highest BCUT2D eigenvalue weighted by molar-refractivity contribution is 6.41. The minimum Gasteiger partial charge on any atom is -0.352 e. The fourth-order valence-electron chi connectivity index (χ4n) is 2.47. The normalized spacial score (nSPS) is 11.5. The molecule has 0 aliphatic heterocycles. The second-order valence-electron chi connectivity index (χ2n) is 6.56. The molecule has 0 saturated carbocycles. The van der Waals surface area contributed by atoms with E-state index in [0.29, 0.717) is 29.2 Å². The summed E-state index contributed by atoms with van der Waals surface area (Å²) in [6, 6.07) is 9.31. The van der Waals surface area contributed by atoms with Crippen LogP contribution in [-0.2, 0) is 20.1 Å². The third-order valence-electron chi connectivity index (χ3n) is 3.97. The quantitative estimate of drug-likeness (QED) is 0.421. The molecule has 9 heteroatoms. The van der Waals surface area contributed by atoms with Crippen molar-refractivity contribution >= 4 is 40.9 Å². The van der Waals surface area contributed by atoms with Gasteiger partial charge in [0, 0.05) is 38.1 Å². The number of anilines is 1. The third-order valence-corrected chi connectivity index (χ3v) is 4.81. The van der Waals surface area contributed by atoms with E-state index in [-0.39, 0.29) is 12.1 Å². The van der Waals surface area contributed by atoms with Crippen LogP contribution in [0.15, 0.2) is 35.3 Å². The number of rotatable bonds is 6. The van der Waals surface area contributed by atoms with E-state index in [1.807, 2.05) is 55.8 Å². The van der Waals surface area contributed by atoms with E-state index < -0.39 is 0 Å². The standard InChI is InChI=1S/C19H26Cl2N6O/c1-12(2)25-19(28)26-14-7-5-13(6-8-14)10-23-18(22-3)24-11-15-9-16(20)17(21)27(15)4/h5-9,12H,10-11H2,1-4H3,(H2,22,23,24)(H2,25,26,28). The number of halogens is 2. The van der Waals surface area contributed by atoms with Crippen LogP contribution in [0, 0.1) is 0 Å². The summed E-state index contributed by atoms with van der Waals surface area (Å²) >= 11 is 12.1. The van der Waals surface area contributed by atoms with Crippen LogP contribution in [0.4, 0.5) is 10.5 Å². The van der Waals surface area contributed by atoms with E-state index in [0.717, 1.165) is 16.9 Å². The zero-order valence-corrected chi connectivity index (χ0v) is 17.9. The molecule has 2 aromatic rings. The van der Waals surface area contributed by atoms with Gasteiger partial charge in [0.1, 0.15) is 5.15 Å². The molecule has 0 spiro atoms. The molecule has 2 rings (SSSR count). The first-order valence-electron chi connectivity index (χ1n) is 8.90. The number of aromatic nitrogens is 1. The molecule has 0 aliphatic rings. The zero-order valence-electron chi connectivity index (χ0n) is 16.4. The molecule has 28 heavy (non-hydrogen) atoms. The van der Waals surface area contributed by atoms with Gasteiger partial charge in [0.15, 0.2) is 5.96 Å². The van der Waals surface area contributed by atoms with E-state index >= 15 is 0 Å². The summed E-state index contributed by atoms with van der Waals surface area (Å²) in [5, 5.41) is 13.1. The maximum absolute atomic E-state index is 11.7.